The quantitative estimate of drug-likeness (QED) is 0.459. The molecule has 0 aromatic rings. The minimum atomic E-state index is -0.572. The minimum absolute atomic E-state index is 0.0588. The van der Waals surface area contributed by atoms with Crippen LogP contribution in [0.1, 0.15) is 65.7 Å². The molecule has 6 heteroatoms. The number of esters is 2. The van der Waals surface area contributed by atoms with Crippen molar-refractivity contribution in [2.24, 2.45) is 28.6 Å². The van der Waals surface area contributed by atoms with Crippen LogP contribution >= 0.6 is 23.2 Å². The zero-order valence-electron chi connectivity index (χ0n) is 16.4. The fraction of sp³-hybridized carbons (Fsp3) is 0.905. The van der Waals surface area contributed by atoms with Crippen molar-refractivity contribution in [3.05, 3.63) is 0 Å². The highest BCUT2D eigenvalue weighted by atomic mass is 35.5. The summed E-state index contributed by atoms with van der Waals surface area (Å²) in [5.74, 6) is 0.852. The third kappa shape index (κ3) is 2.92. The Bertz CT molecular complexity index is 654. The zero-order chi connectivity index (χ0) is 19.6. The number of carbonyl (C=O) groups excluding carboxylic acids is 2. The summed E-state index contributed by atoms with van der Waals surface area (Å²) in [6.07, 6.45) is 5.70. The van der Waals surface area contributed by atoms with Gasteiger partial charge in [0.2, 0.25) is 0 Å². The number of fused-ring (bicyclic) bond motifs is 5. The maximum absolute atomic E-state index is 12.1. The molecule has 0 unspecified atom stereocenters. The van der Waals surface area contributed by atoms with Crippen molar-refractivity contribution in [2.45, 2.75) is 82.1 Å². The molecule has 8 atom stereocenters. The van der Waals surface area contributed by atoms with E-state index < -0.39 is 4.87 Å². The van der Waals surface area contributed by atoms with Gasteiger partial charge in [-0.3, -0.25) is 9.59 Å². The highest BCUT2D eigenvalue weighted by Gasteiger charge is 2.66. The molecule has 4 nitrogen and oxygen atoms in total. The molecule has 0 bridgehead atoms. The number of hydrogen-bond donors (Lipinski definition) is 0. The Kier molecular flexibility index (Phi) is 4.78. The summed E-state index contributed by atoms with van der Waals surface area (Å²) in [5, 5.41) is -0.191. The lowest BCUT2D eigenvalue weighted by molar-refractivity contribution is -0.181. The van der Waals surface area contributed by atoms with E-state index in [1.54, 1.807) is 0 Å². The smallest absolute Gasteiger partial charge is 0.306 e. The number of rotatable bonds is 1. The van der Waals surface area contributed by atoms with Gasteiger partial charge in [-0.05, 0) is 55.3 Å². The normalized spacial score (nSPS) is 52.0. The maximum atomic E-state index is 12.1. The number of ether oxygens (including phenoxy) is 2. The van der Waals surface area contributed by atoms with Crippen molar-refractivity contribution >= 4 is 35.1 Å². The first-order valence-corrected chi connectivity index (χ1v) is 11.1. The molecule has 4 aliphatic rings. The van der Waals surface area contributed by atoms with Gasteiger partial charge >= 0.3 is 11.9 Å². The molecule has 3 saturated carbocycles. The minimum Gasteiger partial charge on any atom is -0.465 e. The number of cyclic esters (lactones) is 1. The van der Waals surface area contributed by atoms with Crippen molar-refractivity contribution in [1.29, 1.82) is 0 Å². The lowest BCUT2D eigenvalue weighted by atomic mass is 9.44. The second-order valence-electron chi connectivity index (χ2n) is 9.89. The number of halogens is 2. The average molecular weight is 417 g/mol. The van der Waals surface area contributed by atoms with E-state index in [1.807, 2.05) is 0 Å². The lowest BCUT2D eigenvalue weighted by Crippen LogP contribution is -2.66. The van der Waals surface area contributed by atoms with Crippen LogP contribution in [0.15, 0.2) is 0 Å². The Labute approximate surface area is 171 Å². The van der Waals surface area contributed by atoms with Gasteiger partial charge in [-0.2, -0.15) is 0 Å². The van der Waals surface area contributed by atoms with Crippen LogP contribution in [0.3, 0.4) is 0 Å². The fourth-order valence-corrected chi connectivity index (χ4v) is 7.98. The third-order valence-electron chi connectivity index (χ3n) is 8.49. The largest absolute Gasteiger partial charge is 0.465 e. The van der Waals surface area contributed by atoms with Crippen LogP contribution in [0, 0.1) is 28.6 Å². The van der Waals surface area contributed by atoms with E-state index in [-0.39, 0.29) is 34.2 Å². The van der Waals surface area contributed by atoms with Gasteiger partial charge in [-0.25, -0.2) is 0 Å². The van der Waals surface area contributed by atoms with Crippen LogP contribution in [0.4, 0.5) is 0 Å². The van der Waals surface area contributed by atoms with Crippen molar-refractivity contribution < 1.29 is 19.1 Å². The summed E-state index contributed by atoms with van der Waals surface area (Å²) < 4.78 is 10.9. The van der Waals surface area contributed by atoms with Gasteiger partial charge in [0.1, 0.15) is 6.10 Å². The number of carbonyl (C=O) groups is 2. The van der Waals surface area contributed by atoms with E-state index in [1.165, 1.54) is 6.92 Å². The maximum Gasteiger partial charge on any atom is 0.306 e. The predicted molar refractivity (Wildman–Crippen MR) is 104 cm³/mol. The summed E-state index contributed by atoms with van der Waals surface area (Å²) in [7, 11) is 0. The topological polar surface area (TPSA) is 52.6 Å². The molecule has 4 fully saturated rings. The molecule has 3 aliphatic carbocycles. The first-order chi connectivity index (χ1) is 12.6. The molecule has 0 N–H and O–H groups in total. The number of alkyl halides is 2. The molecule has 27 heavy (non-hydrogen) atoms. The predicted octanol–water partition coefficient (Wildman–Crippen LogP) is 4.69. The standard InChI is InChI=1S/C21H30Cl2O4/c1-12(24)27-13-4-7-20(3)15-5-6-19(2)11-26-18(25)9-16(19)14(15)8-17(22)21(20,23)10-13/h13-17H,4-11H2,1-3H3/t13-,14+,15-,16-,17+,19+,20+,21-/m0/s1. The van der Waals surface area contributed by atoms with Crippen molar-refractivity contribution in [1.82, 2.24) is 0 Å². The van der Waals surface area contributed by atoms with Gasteiger partial charge < -0.3 is 9.47 Å². The monoisotopic (exact) mass is 416 g/mol. The lowest BCUT2D eigenvalue weighted by Gasteiger charge is -2.65. The Morgan fingerprint density at radius 1 is 1.22 bits per heavy atom. The van der Waals surface area contributed by atoms with Crippen molar-refractivity contribution in [3.8, 4) is 0 Å². The zero-order valence-corrected chi connectivity index (χ0v) is 17.9. The highest BCUT2D eigenvalue weighted by molar-refractivity contribution is 6.33. The average Bonchev–Trinajstić information content (AvgIpc) is 2.58. The van der Waals surface area contributed by atoms with Crippen molar-refractivity contribution in [3.63, 3.8) is 0 Å². The molecule has 152 valence electrons. The van der Waals surface area contributed by atoms with E-state index in [2.05, 4.69) is 13.8 Å². The highest BCUT2D eigenvalue weighted by Crippen LogP contribution is 2.68. The van der Waals surface area contributed by atoms with Gasteiger partial charge in [-0.1, -0.05) is 13.8 Å². The van der Waals surface area contributed by atoms with Crippen LogP contribution < -0.4 is 0 Å². The molecular weight excluding hydrogens is 387 g/mol. The molecular formula is C21H30Cl2O4. The SMILES string of the molecule is CC(=O)O[C@H]1CC[C@]2(C)[C@H]3CC[C@]4(C)COC(=O)C[C@H]4[C@@H]3C[C@@H](Cl)[C@@]2(Cl)C1. The van der Waals surface area contributed by atoms with E-state index in [4.69, 9.17) is 32.7 Å². The molecule has 1 aliphatic heterocycles. The van der Waals surface area contributed by atoms with Crippen LogP contribution in [0.5, 0.6) is 0 Å². The van der Waals surface area contributed by atoms with Crippen molar-refractivity contribution in [2.75, 3.05) is 6.61 Å². The van der Waals surface area contributed by atoms with Gasteiger partial charge in [0.25, 0.3) is 0 Å². The molecule has 0 amide bonds. The second kappa shape index (κ2) is 6.52. The van der Waals surface area contributed by atoms with Crippen LogP contribution in [0.2, 0.25) is 0 Å². The van der Waals surface area contributed by atoms with Gasteiger partial charge in [0.05, 0.1) is 16.9 Å². The molecule has 0 spiro atoms. The molecule has 0 radical (unpaired) electrons. The third-order valence-corrected chi connectivity index (χ3v) is 10.0. The summed E-state index contributed by atoms with van der Waals surface area (Å²) >= 11 is 14.3. The summed E-state index contributed by atoms with van der Waals surface area (Å²) in [4.78, 5) is 22.9. The van der Waals surface area contributed by atoms with Gasteiger partial charge in [0.15, 0.2) is 0 Å². The van der Waals surface area contributed by atoms with Crippen LogP contribution in [0.25, 0.3) is 0 Å². The van der Waals surface area contributed by atoms with E-state index in [0.717, 1.165) is 32.1 Å². The fourth-order valence-electron chi connectivity index (χ4n) is 6.94. The first-order valence-electron chi connectivity index (χ1n) is 10.2. The Morgan fingerprint density at radius 2 is 1.96 bits per heavy atom. The summed E-state index contributed by atoms with van der Waals surface area (Å²) in [5.41, 5.74) is -0.0491. The Hall–Kier alpha value is -0.480. The molecule has 0 aromatic heterocycles. The molecule has 0 aromatic carbocycles. The molecule has 1 saturated heterocycles. The summed E-state index contributed by atoms with van der Waals surface area (Å²) in [6, 6.07) is 0. The first kappa shape index (κ1) is 19.8. The van der Waals surface area contributed by atoms with Crippen LogP contribution in [-0.4, -0.2) is 34.9 Å². The molecule has 1 heterocycles. The summed E-state index contributed by atoms with van der Waals surface area (Å²) in [6.45, 7) is 6.55. The Balaban J connectivity index is 1.64. The van der Waals surface area contributed by atoms with E-state index in [9.17, 15) is 9.59 Å². The van der Waals surface area contributed by atoms with E-state index in [0.29, 0.717) is 37.2 Å². The Morgan fingerprint density at radius 3 is 2.67 bits per heavy atom. The van der Waals surface area contributed by atoms with E-state index >= 15 is 0 Å². The number of hydrogen-bond acceptors (Lipinski definition) is 4. The van der Waals surface area contributed by atoms with Crippen LogP contribution in [-0.2, 0) is 19.1 Å². The van der Waals surface area contributed by atoms with Gasteiger partial charge in [0, 0.05) is 25.2 Å². The molecule has 4 rings (SSSR count). The second-order valence-corrected chi connectivity index (χ2v) is 11.1. The van der Waals surface area contributed by atoms with Gasteiger partial charge in [-0.15, -0.1) is 23.2 Å².